The smallest absolute Gasteiger partial charge is 0.144 e. The second kappa shape index (κ2) is 3.33. The fraction of sp³-hybridized carbons (Fsp3) is 0.364. The monoisotopic (exact) mass is 190 g/mol. The highest BCUT2D eigenvalue weighted by Crippen LogP contribution is 2.22. The van der Waals surface area contributed by atoms with E-state index in [-0.39, 0.29) is 0 Å². The van der Waals surface area contributed by atoms with Crippen molar-refractivity contribution in [2.45, 2.75) is 20.3 Å². The molecule has 1 aromatic carbocycles. The number of anilines is 1. The lowest BCUT2D eigenvalue weighted by Crippen LogP contribution is -1.92. The Labute approximate surface area is 82.9 Å². The predicted octanol–water partition coefficient (Wildman–Crippen LogP) is 2.61. The highest BCUT2D eigenvalue weighted by Gasteiger charge is 2.09. The Morgan fingerprint density at radius 2 is 2.21 bits per heavy atom. The van der Waals surface area contributed by atoms with Crippen LogP contribution in [-0.2, 0) is 6.42 Å². The van der Waals surface area contributed by atoms with Crippen LogP contribution in [0.4, 0.5) is 5.69 Å². The zero-order chi connectivity index (χ0) is 10.1. The van der Waals surface area contributed by atoms with Crippen LogP contribution in [0.3, 0.4) is 0 Å². The summed E-state index contributed by atoms with van der Waals surface area (Å²) in [5.74, 6) is 1.53. The minimum atomic E-state index is 0.573. The summed E-state index contributed by atoms with van der Waals surface area (Å²) in [6, 6.07) is 5.69. The van der Waals surface area contributed by atoms with E-state index < -0.39 is 0 Å². The number of nitrogens with two attached hydrogens (primary N) is 1. The lowest BCUT2D eigenvalue weighted by atomic mass is 10.1. The van der Waals surface area contributed by atoms with Crippen LogP contribution in [0.1, 0.15) is 19.6 Å². The molecule has 0 radical (unpaired) electrons. The maximum atomic E-state index is 5.65. The SMILES string of the molecule is CC(C)Cc1onc2cc(N)ccc12. The molecule has 0 amide bonds. The van der Waals surface area contributed by atoms with Crippen molar-refractivity contribution in [1.82, 2.24) is 5.16 Å². The Morgan fingerprint density at radius 1 is 1.43 bits per heavy atom. The summed E-state index contributed by atoms with van der Waals surface area (Å²) >= 11 is 0. The molecule has 0 aliphatic heterocycles. The number of aromatic nitrogens is 1. The summed E-state index contributed by atoms with van der Waals surface area (Å²) in [5, 5.41) is 5.05. The number of fused-ring (bicyclic) bond motifs is 1. The Balaban J connectivity index is 2.47. The van der Waals surface area contributed by atoms with E-state index in [1.165, 1.54) is 0 Å². The number of benzene rings is 1. The number of hydrogen-bond acceptors (Lipinski definition) is 3. The molecule has 0 bridgehead atoms. The molecule has 74 valence electrons. The minimum Gasteiger partial charge on any atom is -0.399 e. The van der Waals surface area contributed by atoms with Gasteiger partial charge in [0.15, 0.2) is 0 Å². The standard InChI is InChI=1S/C11H14N2O/c1-7(2)5-11-9-4-3-8(12)6-10(9)13-14-11/h3-4,6-7H,5,12H2,1-2H3. The molecule has 0 aliphatic carbocycles. The summed E-state index contributed by atoms with van der Waals surface area (Å²) in [4.78, 5) is 0. The van der Waals surface area contributed by atoms with Crippen LogP contribution in [0.15, 0.2) is 22.7 Å². The van der Waals surface area contributed by atoms with Gasteiger partial charge in [0.1, 0.15) is 11.3 Å². The van der Waals surface area contributed by atoms with Crippen molar-refractivity contribution in [1.29, 1.82) is 0 Å². The summed E-state index contributed by atoms with van der Waals surface area (Å²) in [6.07, 6.45) is 0.917. The number of rotatable bonds is 2. The Kier molecular flexibility index (Phi) is 2.15. The van der Waals surface area contributed by atoms with Crippen molar-refractivity contribution >= 4 is 16.6 Å². The first-order chi connectivity index (χ1) is 6.66. The third-order valence-electron chi connectivity index (χ3n) is 2.17. The molecule has 14 heavy (non-hydrogen) atoms. The molecule has 0 atom stereocenters. The summed E-state index contributed by atoms with van der Waals surface area (Å²) in [5.41, 5.74) is 7.22. The van der Waals surface area contributed by atoms with Gasteiger partial charge in [-0.25, -0.2) is 0 Å². The third-order valence-corrected chi connectivity index (χ3v) is 2.17. The maximum absolute atomic E-state index is 5.65. The molecule has 2 N–H and O–H groups in total. The Bertz CT molecular complexity index is 445. The normalized spacial score (nSPS) is 11.4. The van der Waals surface area contributed by atoms with Crippen LogP contribution in [0.5, 0.6) is 0 Å². The van der Waals surface area contributed by atoms with Gasteiger partial charge in [0.25, 0.3) is 0 Å². The number of hydrogen-bond donors (Lipinski definition) is 1. The van der Waals surface area contributed by atoms with Crippen molar-refractivity contribution in [3.63, 3.8) is 0 Å². The van der Waals surface area contributed by atoms with Crippen LogP contribution >= 0.6 is 0 Å². The van der Waals surface area contributed by atoms with Gasteiger partial charge in [0.05, 0.1) is 0 Å². The van der Waals surface area contributed by atoms with Crippen molar-refractivity contribution in [2.75, 3.05) is 5.73 Å². The van der Waals surface area contributed by atoms with Crippen LogP contribution in [0.2, 0.25) is 0 Å². The largest absolute Gasteiger partial charge is 0.399 e. The quantitative estimate of drug-likeness (QED) is 0.740. The van der Waals surface area contributed by atoms with E-state index in [9.17, 15) is 0 Å². The second-order valence-corrected chi connectivity index (χ2v) is 3.98. The fourth-order valence-corrected chi connectivity index (χ4v) is 1.53. The molecule has 0 aliphatic rings. The minimum absolute atomic E-state index is 0.573. The molecule has 3 heteroatoms. The molecule has 3 nitrogen and oxygen atoms in total. The molecule has 0 saturated heterocycles. The molecule has 2 aromatic rings. The van der Waals surface area contributed by atoms with E-state index >= 15 is 0 Å². The van der Waals surface area contributed by atoms with Crippen LogP contribution < -0.4 is 5.73 Å². The first-order valence-corrected chi connectivity index (χ1v) is 4.80. The summed E-state index contributed by atoms with van der Waals surface area (Å²) in [6.45, 7) is 4.32. The Morgan fingerprint density at radius 3 is 2.93 bits per heavy atom. The third kappa shape index (κ3) is 1.58. The molecular formula is C11H14N2O. The maximum Gasteiger partial charge on any atom is 0.144 e. The molecule has 0 unspecified atom stereocenters. The summed E-state index contributed by atoms with van der Waals surface area (Å²) in [7, 11) is 0. The zero-order valence-electron chi connectivity index (χ0n) is 8.45. The zero-order valence-corrected chi connectivity index (χ0v) is 8.45. The molecule has 1 aromatic heterocycles. The van der Waals surface area contributed by atoms with Crippen LogP contribution in [-0.4, -0.2) is 5.16 Å². The average molecular weight is 190 g/mol. The lowest BCUT2D eigenvalue weighted by molar-refractivity contribution is 0.376. The van der Waals surface area contributed by atoms with Gasteiger partial charge in [0, 0.05) is 17.5 Å². The van der Waals surface area contributed by atoms with Crippen molar-refractivity contribution in [3.05, 3.63) is 24.0 Å². The van der Waals surface area contributed by atoms with Gasteiger partial charge in [-0.05, 0) is 24.1 Å². The number of nitrogens with zero attached hydrogens (tertiary/aromatic N) is 1. The van der Waals surface area contributed by atoms with Gasteiger partial charge >= 0.3 is 0 Å². The highest BCUT2D eigenvalue weighted by molar-refractivity contribution is 5.83. The molecule has 0 spiro atoms. The van der Waals surface area contributed by atoms with Gasteiger partial charge in [-0.15, -0.1) is 0 Å². The van der Waals surface area contributed by atoms with Crippen LogP contribution in [0, 0.1) is 5.92 Å². The lowest BCUT2D eigenvalue weighted by Gasteiger charge is -1.99. The average Bonchev–Trinajstić information content (AvgIpc) is 2.47. The fourth-order valence-electron chi connectivity index (χ4n) is 1.53. The van der Waals surface area contributed by atoms with Crippen molar-refractivity contribution in [3.8, 4) is 0 Å². The van der Waals surface area contributed by atoms with Gasteiger partial charge in [0.2, 0.25) is 0 Å². The predicted molar refractivity (Wildman–Crippen MR) is 57.0 cm³/mol. The molecule has 2 rings (SSSR count). The summed E-state index contributed by atoms with van der Waals surface area (Å²) < 4.78 is 5.28. The van der Waals surface area contributed by atoms with Crippen LogP contribution in [0.25, 0.3) is 10.9 Å². The Hall–Kier alpha value is -1.51. The van der Waals surface area contributed by atoms with E-state index in [2.05, 4.69) is 19.0 Å². The van der Waals surface area contributed by atoms with E-state index in [0.717, 1.165) is 28.8 Å². The first kappa shape index (κ1) is 9.06. The number of nitrogen functional groups attached to an aromatic ring is 1. The van der Waals surface area contributed by atoms with E-state index in [1.807, 2.05) is 18.2 Å². The van der Waals surface area contributed by atoms with Crippen molar-refractivity contribution in [2.24, 2.45) is 5.92 Å². The van der Waals surface area contributed by atoms with Gasteiger partial charge in [-0.1, -0.05) is 19.0 Å². The topological polar surface area (TPSA) is 52.0 Å². The van der Waals surface area contributed by atoms with Crippen molar-refractivity contribution < 1.29 is 4.52 Å². The van der Waals surface area contributed by atoms with Gasteiger partial charge < -0.3 is 10.3 Å². The second-order valence-electron chi connectivity index (χ2n) is 3.98. The molecule has 0 saturated carbocycles. The molecule has 0 fully saturated rings. The first-order valence-electron chi connectivity index (χ1n) is 4.80. The van der Waals surface area contributed by atoms with Gasteiger partial charge in [-0.3, -0.25) is 0 Å². The molecular weight excluding hydrogens is 176 g/mol. The molecule has 1 heterocycles. The van der Waals surface area contributed by atoms with E-state index in [0.29, 0.717) is 5.92 Å². The van der Waals surface area contributed by atoms with Gasteiger partial charge in [-0.2, -0.15) is 0 Å². The van der Waals surface area contributed by atoms with E-state index in [4.69, 9.17) is 10.3 Å². The van der Waals surface area contributed by atoms with E-state index in [1.54, 1.807) is 0 Å². The highest BCUT2D eigenvalue weighted by atomic mass is 16.5.